The van der Waals surface area contributed by atoms with Gasteiger partial charge >= 0.3 is 29.8 Å². The number of nitrogens with one attached hydrogen (secondary N) is 1. The number of amides is 1. The molecule has 10 atom stereocenters. The van der Waals surface area contributed by atoms with Crippen molar-refractivity contribution in [3.8, 4) is 0 Å². The molecule has 2 aliphatic carbocycles. The number of carbonyl (C=O) groups excluding carboxylic acids is 6. The number of ether oxygens (including phenoxy) is 5. The van der Waals surface area contributed by atoms with E-state index in [1.807, 2.05) is 30.3 Å². The molecule has 0 bridgehead atoms. The second kappa shape index (κ2) is 24.4. The molecular weight excluding hydrogens is 849 g/mol. The standard InChI is InChI=1S/C51H76N2O13/c1-9-12-14-16-21-28-40(56)63-44-42-41(33(5)43(44)64-47(58)32(4)11-3)45-51(61,50(8,60)48(59)65-45)38(31-49(42,7)66-34(6)54)62-39(55)29-23-22-27-36(26-20-15-13-10-2)53-46(57)37(52)30-35-24-18-17-19-25-35/h11,17-19,24-25,36-38,42-45,60-61H,9-10,12-16,20-23,26-31,52H2,1-8H3,(H,53,57)/b32-11-/t36?,37-,38-,42+,43-,44-,45-,49-,50+,51+/m0/s1. The maximum Gasteiger partial charge on any atom is 0.341 e. The summed E-state index contributed by atoms with van der Waals surface area (Å²) in [6.45, 7) is 12.8. The predicted molar refractivity (Wildman–Crippen MR) is 246 cm³/mol. The highest BCUT2D eigenvalue weighted by molar-refractivity contribution is 5.88. The highest BCUT2D eigenvalue weighted by atomic mass is 16.6. The zero-order valence-corrected chi connectivity index (χ0v) is 40.5. The van der Waals surface area contributed by atoms with E-state index in [2.05, 4.69) is 19.2 Å². The number of aliphatic hydroxyl groups is 2. The van der Waals surface area contributed by atoms with E-state index in [9.17, 15) is 39.0 Å². The van der Waals surface area contributed by atoms with Gasteiger partial charge in [-0.3, -0.25) is 19.2 Å². The molecule has 368 valence electrons. The van der Waals surface area contributed by atoms with Gasteiger partial charge < -0.3 is 44.9 Å². The number of hydrogen-bond acceptors (Lipinski definition) is 14. The smallest absolute Gasteiger partial charge is 0.341 e. The highest BCUT2D eigenvalue weighted by Crippen LogP contribution is 2.57. The van der Waals surface area contributed by atoms with Crippen LogP contribution in [0.3, 0.4) is 0 Å². The Morgan fingerprint density at radius 3 is 2.05 bits per heavy atom. The van der Waals surface area contributed by atoms with Gasteiger partial charge in [-0.1, -0.05) is 108 Å². The summed E-state index contributed by atoms with van der Waals surface area (Å²) in [4.78, 5) is 80.7. The van der Waals surface area contributed by atoms with Gasteiger partial charge in [0.25, 0.3) is 0 Å². The third-order valence-electron chi connectivity index (χ3n) is 13.6. The number of carbonyl (C=O) groups is 6. The first-order chi connectivity index (χ1) is 31.2. The number of benzene rings is 1. The lowest BCUT2D eigenvalue weighted by Gasteiger charge is -2.41. The minimum atomic E-state index is -2.66. The molecule has 1 heterocycles. The van der Waals surface area contributed by atoms with Crippen LogP contribution in [-0.4, -0.2) is 99.3 Å². The lowest BCUT2D eigenvalue weighted by Crippen LogP contribution is -2.64. The van der Waals surface area contributed by atoms with Crippen LogP contribution in [0.5, 0.6) is 0 Å². The summed E-state index contributed by atoms with van der Waals surface area (Å²) in [6.07, 6.45) is 5.85. The van der Waals surface area contributed by atoms with E-state index >= 15 is 0 Å². The van der Waals surface area contributed by atoms with Gasteiger partial charge in [0.1, 0.15) is 11.7 Å². The Kier molecular flexibility index (Phi) is 20.0. The number of allylic oxidation sites excluding steroid dienone is 1. The summed E-state index contributed by atoms with van der Waals surface area (Å²) in [5, 5.41) is 27.8. The second-order valence-electron chi connectivity index (χ2n) is 18.9. The van der Waals surface area contributed by atoms with Crippen molar-refractivity contribution in [3.05, 3.63) is 58.7 Å². The number of esters is 5. The second-order valence-corrected chi connectivity index (χ2v) is 18.9. The average Bonchev–Trinajstić information content (AvgIpc) is 3.60. The third-order valence-corrected chi connectivity index (χ3v) is 13.6. The first-order valence-corrected chi connectivity index (χ1v) is 24.1. The van der Waals surface area contributed by atoms with E-state index in [1.165, 1.54) is 13.8 Å². The normalized spacial score (nSPS) is 28.0. The Balaban J connectivity index is 1.61. The molecule has 66 heavy (non-hydrogen) atoms. The van der Waals surface area contributed by atoms with Crippen LogP contribution >= 0.6 is 0 Å². The molecule has 1 amide bonds. The van der Waals surface area contributed by atoms with Gasteiger partial charge in [-0.25, -0.2) is 9.59 Å². The van der Waals surface area contributed by atoms with Crippen LogP contribution in [-0.2, 0) is 58.9 Å². The van der Waals surface area contributed by atoms with Crippen LogP contribution in [0.25, 0.3) is 0 Å². The van der Waals surface area contributed by atoms with Crippen molar-refractivity contribution < 1.29 is 62.7 Å². The summed E-state index contributed by atoms with van der Waals surface area (Å²) in [6, 6.07) is 8.64. The quantitative estimate of drug-likeness (QED) is 0.0263. The molecule has 0 spiro atoms. The number of hydrogen-bond donors (Lipinski definition) is 4. The van der Waals surface area contributed by atoms with Crippen LogP contribution < -0.4 is 11.1 Å². The largest absolute Gasteiger partial charge is 0.459 e. The Bertz CT molecular complexity index is 1910. The van der Waals surface area contributed by atoms with E-state index < -0.39 is 89.4 Å². The number of rotatable bonds is 25. The number of unbranched alkanes of at least 4 members (excludes halogenated alkanes) is 8. The van der Waals surface area contributed by atoms with Gasteiger partial charge in [-0.15, -0.1) is 0 Å². The fourth-order valence-electron chi connectivity index (χ4n) is 9.73. The molecular formula is C51H76N2O13. The highest BCUT2D eigenvalue weighted by Gasteiger charge is 2.76. The number of nitrogens with two attached hydrogens (primary N) is 1. The van der Waals surface area contributed by atoms with E-state index in [-0.39, 0.29) is 41.5 Å². The molecule has 1 aliphatic heterocycles. The molecule has 0 radical (unpaired) electrons. The van der Waals surface area contributed by atoms with Gasteiger partial charge in [-0.05, 0) is 83.4 Å². The predicted octanol–water partition coefficient (Wildman–Crippen LogP) is 6.71. The molecule has 5 N–H and O–H groups in total. The fourth-order valence-corrected chi connectivity index (χ4v) is 9.73. The zero-order valence-electron chi connectivity index (χ0n) is 40.5. The van der Waals surface area contributed by atoms with Crippen molar-refractivity contribution >= 4 is 35.8 Å². The molecule has 1 unspecified atom stereocenters. The van der Waals surface area contributed by atoms with Crippen LogP contribution in [0.15, 0.2) is 53.1 Å². The summed E-state index contributed by atoms with van der Waals surface area (Å²) >= 11 is 0. The first-order valence-electron chi connectivity index (χ1n) is 24.1. The molecule has 3 aliphatic rings. The minimum absolute atomic E-state index is 0.0468. The molecule has 2 fully saturated rings. The third kappa shape index (κ3) is 13.1. The maximum atomic E-state index is 13.9. The van der Waals surface area contributed by atoms with Crippen molar-refractivity contribution in [3.63, 3.8) is 0 Å². The van der Waals surface area contributed by atoms with Gasteiger partial charge in [0.05, 0.1) is 12.0 Å². The molecule has 1 saturated carbocycles. The van der Waals surface area contributed by atoms with Crippen LogP contribution in [0, 0.1) is 5.92 Å². The first kappa shape index (κ1) is 54.0. The van der Waals surface area contributed by atoms with Gasteiger partial charge in [-0.2, -0.15) is 0 Å². The van der Waals surface area contributed by atoms with Gasteiger partial charge in [0, 0.05) is 37.8 Å². The summed E-state index contributed by atoms with van der Waals surface area (Å²) in [7, 11) is 0. The lowest BCUT2D eigenvalue weighted by molar-refractivity contribution is -0.212. The molecule has 4 rings (SSSR count). The van der Waals surface area contributed by atoms with Gasteiger partial charge in [0.2, 0.25) is 5.91 Å². The molecule has 15 nitrogen and oxygen atoms in total. The molecule has 1 saturated heterocycles. The summed E-state index contributed by atoms with van der Waals surface area (Å²) in [5.74, 6) is -5.51. The molecule has 15 heteroatoms. The minimum Gasteiger partial charge on any atom is -0.459 e. The Morgan fingerprint density at radius 1 is 0.864 bits per heavy atom. The van der Waals surface area contributed by atoms with E-state index in [1.54, 1.807) is 26.8 Å². The SMILES string of the molecule is C/C=C(/C)C(=O)O[C@H]1C(C)=C2[C@H]([C@@H]1OC(=O)CCCCCCC)[C@@](C)(OC(C)=O)C[C@H](OC(=O)CCCCC(CCCCCC)NC(=O)[C@@H](N)Cc1ccccc1)[C@@]1(O)[C@H]2OC(=O)[C@@]1(C)O. The van der Waals surface area contributed by atoms with Crippen molar-refractivity contribution in [2.75, 3.05) is 0 Å². The topological polar surface area (TPSA) is 227 Å². The van der Waals surface area contributed by atoms with Crippen LogP contribution in [0.2, 0.25) is 0 Å². The average molecular weight is 925 g/mol. The monoisotopic (exact) mass is 925 g/mol. The van der Waals surface area contributed by atoms with Crippen molar-refractivity contribution in [1.82, 2.24) is 5.32 Å². The van der Waals surface area contributed by atoms with Crippen LogP contribution in [0.4, 0.5) is 0 Å². The van der Waals surface area contributed by atoms with E-state index in [4.69, 9.17) is 29.4 Å². The van der Waals surface area contributed by atoms with E-state index in [0.717, 1.165) is 70.3 Å². The number of fused-ring (bicyclic) bond motifs is 3. The zero-order chi connectivity index (χ0) is 48.8. The van der Waals surface area contributed by atoms with Crippen molar-refractivity contribution in [2.24, 2.45) is 11.7 Å². The molecule has 1 aromatic carbocycles. The maximum absolute atomic E-state index is 13.9. The summed E-state index contributed by atoms with van der Waals surface area (Å²) in [5.41, 5.74) is 0.803. The Hall–Kier alpha value is -4.60. The fraction of sp³-hybridized carbons (Fsp3) is 0.686. The van der Waals surface area contributed by atoms with E-state index in [0.29, 0.717) is 32.1 Å². The Morgan fingerprint density at radius 2 is 1.44 bits per heavy atom. The summed E-state index contributed by atoms with van der Waals surface area (Å²) < 4.78 is 30.1. The van der Waals surface area contributed by atoms with Crippen molar-refractivity contribution in [1.29, 1.82) is 0 Å². The lowest BCUT2D eigenvalue weighted by atomic mass is 9.75. The molecule has 1 aromatic rings. The molecule has 0 aromatic heterocycles. The Labute approximate surface area is 390 Å². The van der Waals surface area contributed by atoms with Crippen LogP contribution in [0.1, 0.15) is 164 Å². The van der Waals surface area contributed by atoms with Gasteiger partial charge in [0.15, 0.2) is 29.5 Å². The van der Waals surface area contributed by atoms with Crippen molar-refractivity contribution in [2.45, 2.75) is 218 Å².